The summed E-state index contributed by atoms with van der Waals surface area (Å²) < 4.78 is 0. The Kier molecular flexibility index (Phi) is 4.41. The van der Waals surface area contributed by atoms with Crippen LogP contribution >= 0.6 is 0 Å². The Morgan fingerprint density at radius 3 is 2.71 bits per heavy atom. The molecule has 1 aromatic heterocycles. The van der Waals surface area contributed by atoms with Crippen molar-refractivity contribution in [3.05, 3.63) is 47.4 Å². The van der Waals surface area contributed by atoms with Gasteiger partial charge in [0, 0.05) is 12.5 Å². The van der Waals surface area contributed by atoms with E-state index in [4.69, 9.17) is 9.98 Å². The lowest BCUT2D eigenvalue weighted by Gasteiger charge is -2.32. The van der Waals surface area contributed by atoms with Gasteiger partial charge < -0.3 is 4.98 Å². The van der Waals surface area contributed by atoms with Gasteiger partial charge in [-0.25, -0.2) is 9.78 Å². The molecule has 3 aliphatic rings. The van der Waals surface area contributed by atoms with Crippen LogP contribution in [0.15, 0.2) is 35.3 Å². The van der Waals surface area contributed by atoms with Crippen molar-refractivity contribution in [2.45, 2.75) is 57.4 Å². The quantitative estimate of drug-likeness (QED) is 0.853. The van der Waals surface area contributed by atoms with Gasteiger partial charge in [0.1, 0.15) is 11.5 Å². The number of H-pyrrole nitrogens is 1. The number of nitrogens with one attached hydrogen (secondary N) is 1. The third kappa shape index (κ3) is 2.91. The number of imidazole rings is 1. The second-order valence-corrected chi connectivity index (χ2v) is 8.14. The SMILES string of the molecule is CCCN1C(=O)N2C[C@@H](Cc3ccccc3)N=C2c2[nH]c(C3CCCC3)nc21. The zero-order chi connectivity index (χ0) is 19.1. The van der Waals surface area contributed by atoms with Crippen molar-refractivity contribution in [1.29, 1.82) is 0 Å². The summed E-state index contributed by atoms with van der Waals surface area (Å²) in [6.07, 6.45) is 6.65. The van der Waals surface area contributed by atoms with Crippen LogP contribution in [0.3, 0.4) is 0 Å². The Morgan fingerprint density at radius 2 is 1.96 bits per heavy atom. The van der Waals surface area contributed by atoms with Crippen molar-refractivity contribution in [2.75, 3.05) is 18.0 Å². The molecule has 1 N–H and O–H groups in total. The lowest BCUT2D eigenvalue weighted by Crippen LogP contribution is -2.50. The number of aromatic amines is 1. The largest absolute Gasteiger partial charge is 0.337 e. The average Bonchev–Trinajstić information content (AvgIpc) is 3.44. The molecule has 2 amide bonds. The van der Waals surface area contributed by atoms with Crippen molar-refractivity contribution in [3.8, 4) is 0 Å². The van der Waals surface area contributed by atoms with Crippen LogP contribution < -0.4 is 4.90 Å². The fourth-order valence-corrected chi connectivity index (χ4v) is 4.73. The van der Waals surface area contributed by atoms with E-state index in [1.165, 1.54) is 31.2 Å². The summed E-state index contributed by atoms with van der Waals surface area (Å²) in [5, 5.41) is 0. The molecule has 0 saturated heterocycles. The molecule has 1 fully saturated rings. The topological polar surface area (TPSA) is 64.6 Å². The van der Waals surface area contributed by atoms with E-state index in [2.05, 4.69) is 36.2 Å². The van der Waals surface area contributed by atoms with Gasteiger partial charge in [0.15, 0.2) is 11.7 Å². The van der Waals surface area contributed by atoms with Crippen LogP contribution in [0.5, 0.6) is 0 Å². The zero-order valence-corrected chi connectivity index (χ0v) is 16.4. The van der Waals surface area contributed by atoms with Crippen molar-refractivity contribution >= 4 is 17.7 Å². The van der Waals surface area contributed by atoms with Crippen LogP contribution in [-0.2, 0) is 6.42 Å². The van der Waals surface area contributed by atoms with Crippen molar-refractivity contribution in [1.82, 2.24) is 14.9 Å². The molecule has 146 valence electrons. The highest BCUT2D eigenvalue weighted by Crippen LogP contribution is 2.37. The number of hydrogen-bond acceptors (Lipinski definition) is 3. The van der Waals surface area contributed by atoms with Crippen LogP contribution in [0.4, 0.5) is 10.6 Å². The molecule has 1 saturated carbocycles. The second kappa shape index (κ2) is 7.08. The maximum atomic E-state index is 13.2. The van der Waals surface area contributed by atoms with E-state index in [1.807, 2.05) is 15.9 Å². The summed E-state index contributed by atoms with van der Waals surface area (Å²) in [5.41, 5.74) is 2.19. The molecule has 0 unspecified atom stereocenters. The molecule has 28 heavy (non-hydrogen) atoms. The minimum Gasteiger partial charge on any atom is -0.337 e. The van der Waals surface area contributed by atoms with Gasteiger partial charge in [-0.15, -0.1) is 0 Å². The van der Waals surface area contributed by atoms with E-state index in [0.717, 1.165) is 36.0 Å². The molecule has 6 heteroatoms. The summed E-state index contributed by atoms with van der Waals surface area (Å²) in [6.45, 7) is 3.43. The first-order valence-electron chi connectivity index (χ1n) is 10.6. The summed E-state index contributed by atoms with van der Waals surface area (Å²) in [7, 11) is 0. The van der Waals surface area contributed by atoms with Gasteiger partial charge in [-0.1, -0.05) is 50.1 Å². The molecular weight excluding hydrogens is 350 g/mol. The number of carbonyl (C=O) groups excluding carboxylic acids is 1. The molecule has 1 atom stereocenters. The molecule has 2 aliphatic heterocycles. The van der Waals surface area contributed by atoms with Gasteiger partial charge in [-0.3, -0.25) is 14.8 Å². The lowest BCUT2D eigenvalue weighted by atomic mass is 10.1. The predicted octanol–water partition coefficient (Wildman–Crippen LogP) is 4.09. The number of benzene rings is 1. The number of aromatic nitrogens is 2. The number of anilines is 1. The maximum absolute atomic E-state index is 13.2. The third-order valence-corrected chi connectivity index (χ3v) is 6.10. The first kappa shape index (κ1) is 17.5. The van der Waals surface area contributed by atoms with E-state index in [-0.39, 0.29) is 12.1 Å². The van der Waals surface area contributed by atoms with Gasteiger partial charge in [0.2, 0.25) is 0 Å². The number of urea groups is 1. The van der Waals surface area contributed by atoms with Gasteiger partial charge in [0.05, 0.1) is 12.6 Å². The molecule has 6 nitrogen and oxygen atoms in total. The first-order valence-corrected chi connectivity index (χ1v) is 10.6. The molecule has 1 aliphatic carbocycles. The second-order valence-electron chi connectivity index (χ2n) is 8.14. The number of amidine groups is 1. The Bertz CT molecular complexity index is 897. The number of carbonyl (C=O) groups is 1. The summed E-state index contributed by atoms with van der Waals surface area (Å²) >= 11 is 0. The minimum absolute atomic E-state index is 0.0214. The smallest absolute Gasteiger partial charge is 0.331 e. The highest BCUT2D eigenvalue weighted by molar-refractivity contribution is 6.18. The molecular formula is C22H27N5O. The molecule has 0 spiro atoms. The fraction of sp³-hybridized carbons (Fsp3) is 0.500. The van der Waals surface area contributed by atoms with Gasteiger partial charge in [-0.2, -0.15) is 0 Å². The molecule has 1 aromatic carbocycles. The number of hydrogen-bond donors (Lipinski definition) is 1. The van der Waals surface area contributed by atoms with Crippen LogP contribution in [0.1, 0.15) is 62.0 Å². The summed E-state index contributed by atoms with van der Waals surface area (Å²) in [6, 6.07) is 10.5. The molecule has 0 radical (unpaired) electrons. The maximum Gasteiger partial charge on any atom is 0.331 e. The summed E-state index contributed by atoms with van der Waals surface area (Å²) in [5.74, 6) is 3.08. The van der Waals surface area contributed by atoms with Crippen molar-refractivity contribution in [2.24, 2.45) is 4.99 Å². The zero-order valence-electron chi connectivity index (χ0n) is 16.4. The number of aliphatic imine (C=N–C) groups is 1. The van der Waals surface area contributed by atoms with Gasteiger partial charge in [0.25, 0.3) is 0 Å². The molecule has 5 rings (SSSR count). The van der Waals surface area contributed by atoms with E-state index < -0.39 is 0 Å². The summed E-state index contributed by atoms with van der Waals surface area (Å²) in [4.78, 5) is 30.3. The molecule has 2 aromatic rings. The van der Waals surface area contributed by atoms with Crippen molar-refractivity contribution < 1.29 is 4.79 Å². The van der Waals surface area contributed by atoms with Crippen LogP contribution in [0.2, 0.25) is 0 Å². The van der Waals surface area contributed by atoms with Crippen molar-refractivity contribution in [3.63, 3.8) is 0 Å². The van der Waals surface area contributed by atoms with Gasteiger partial charge >= 0.3 is 6.03 Å². The Labute approximate surface area is 165 Å². The lowest BCUT2D eigenvalue weighted by molar-refractivity contribution is 0.226. The van der Waals surface area contributed by atoms with E-state index >= 15 is 0 Å². The van der Waals surface area contributed by atoms with Crippen LogP contribution in [0, 0.1) is 0 Å². The number of amides is 2. The first-order chi connectivity index (χ1) is 13.7. The molecule has 0 bridgehead atoms. The standard InChI is InChI=1S/C22H27N5O/c1-2-12-26-21-18(24-19(25-21)16-10-6-7-11-16)20-23-17(14-27(20)22(26)28)13-15-8-4-3-5-9-15/h3-5,8-9,16-17H,2,6-7,10-14H2,1H3,(H,24,25)/t17-/m1/s1. The fourth-order valence-electron chi connectivity index (χ4n) is 4.73. The monoisotopic (exact) mass is 377 g/mol. The number of rotatable bonds is 5. The van der Waals surface area contributed by atoms with E-state index in [0.29, 0.717) is 19.0 Å². The Balaban J connectivity index is 1.49. The number of fused-ring (bicyclic) bond motifs is 3. The average molecular weight is 377 g/mol. The predicted molar refractivity (Wildman–Crippen MR) is 110 cm³/mol. The normalized spacial score (nSPS) is 21.8. The van der Waals surface area contributed by atoms with Crippen LogP contribution in [0.25, 0.3) is 0 Å². The van der Waals surface area contributed by atoms with E-state index in [9.17, 15) is 4.79 Å². The Morgan fingerprint density at radius 1 is 1.18 bits per heavy atom. The third-order valence-electron chi connectivity index (χ3n) is 6.10. The Hall–Kier alpha value is -2.63. The molecule has 3 heterocycles. The minimum atomic E-state index is 0.0214. The highest BCUT2D eigenvalue weighted by Gasteiger charge is 2.42. The number of nitrogens with zero attached hydrogens (tertiary/aromatic N) is 4. The van der Waals surface area contributed by atoms with Gasteiger partial charge in [-0.05, 0) is 31.2 Å². The van der Waals surface area contributed by atoms with E-state index in [1.54, 1.807) is 0 Å². The van der Waals surface area contributed by atoms with Crippen LogP contribution in [-0.4, -0.2) is 45.9 Å². The highest BCUT2D eigenvalue weighted by atomic mass is 16.2.